The molecule has 90 valence electrons. The zero-order valence-corrected chi connectivity index (χ0v) is 10.2. The van der Waals surface area contributed by atoms with Crippen LogP contribution in [0.4, 0.5) is 5.69 Å². The fourth-order valence-electron chi connectivity index (χ4n) is 1.87. The van der Waals surface area contributed by atoms with Gasteiger partial charge in [0.2, 0.25) is 0 Å². The lowest BCUT2D eigenvalue weighted by Gasteiger charge is -2.11. The molecule has 0 unspecified atom stereocenters. The molecule has 2 aromatic rings. The normalized spacial score (nSPS) is 10.5. The predicted molar refractivity (Wildman–Crippen MR) is 67.9 cm³/mol. The van der Waals surface area contributed by atoms with Crippen LogP contribution in [-0.4, -0.2) is 5.11 Å². The minimum Gasteiger partial charge on any atom is -0.462 e. The van der Waals surface area contributed by atoms with E-state index in [4.69, 9.17) is 9.52 Å². The van der Waals surface area contributed by atoms with Gasteiger partial charge in [-0.3, -0.25) is 0 Å². The number of aryl methyl sites for hydroxylation is 2. The van der Waals surface area contributed by atoms with Gasteiger partial charge in [-0.05, 0) is 37.1 Å². The van der Waals surface area contributed by atoms with Crippen molar-refractivity contribution >= 4 is 5.69 Å². The number of anilines is 1. The van der Waals surface area contributed by atoms with E-state index in [9.17, 15) is 0 Å². The fraction of sp³-hybridized carbons (Fsp3) is 0.286. The SMILES string of the molecule is Cc1cccc(C)c1NCc1ccc(CO)o1. The summed E-state index contributed by atoms with van der Waals surface area (Å²) in [6.45, 7) is 4.74. The average Bonchev–Trinajstić information content (AvgIpc) is 2.76. The number of hydrogen-bond donors (Lipinski definition) is 2. The van der Waals surface area contributed by atoms with Crippen LogP contribution in [0.1, 0.15) is 22.6 Å². The number of para-hydroxylation sites is 1. The van der Waals surface area contributed by atoms with Gasteiger partial charge in [0.1, 0.15) is 18.1 Å². The van der Waals surface area contributed by atoms with E-state index >= 15 is 0 Å². The molecule has 0 aliphatic carbocycles. The largest absolute Gasteiger partial charge is 0.462 e. The molecule has 0 amide bonds. The van der Waals surface area contributed by atoms with Crippen molar-refractivity contribution in [1.29, 1.82) is 0 Å². The van der Waals surface area contributed by atoms with Crippen LogP contribution in [0.15, 0.2) is 34.7 Å². The number of rotatable bonds is 4. The number of aliphatic hydroxyl groups excluding tert-OH is 1. The Bertz CT molecular complexity index is 482. The average molecular weight is 231 g/mol. The molecular formula is C14H17NO2. The molecule has 0 bridgehead atoms. The van der Waals surface area contributed by atoms with Crippen molar-refractivity contribution in [1.82, 2.24) is 0 Å². The Balaban J connectivity index is 2.07. The fourth-order valence-corrected chi connectivity index (χ4v) is 1.87. The third kappa shape index (κ3) is 2.68. The van der Waals surface area contributed by atoms with Gasteiger partial charge in [-0.25, -0.2) is 0 Å². The lowest BCUT2D eigenvalue weighted by Crippen LogP contribution is -2.01. The van der Waals surface area contributed by atoms with Crippen molar-refractivity contribution in [3.63, 3.8) is 0 Å². The van der Waals surface area contributed by atoms with Crippen molar-refractivity contribution in [2.45, 2.75) is 27.0 Å². The molecule has 17 heavy (non-hydrogen) atoms. The highest BCUT2D eigenvalue weighted by Gasteiger charge is 2.04. The van der Waals surface area contributed by atoms with E-state index in [1.54, 1.807) is 6.07 Å². The monoisotopic (exact) mass is 231 g/mol. The Morgan fingerprint density at radius 3 is 2.29 bits per heavy atom. The van der Waals surface area contributed by atoms with Crippen LogP contribution in [-0.2, 0) is 13.2 Å². The summed E-state index contributed by atoms with van der Waals surface area (Å²) in [5, 5.41) is 12.3. The standard InChI is InChI=1S/C14H17NO2/c1-10-4-3-5-11(2)14(10)15-8-12-6-7-13(9-16)17-12/h3-7,15-16H,8-9H2,1-2H3. The Labute approximate surface area is 101 Å². The molecule has 0 fully saturated rings. The van der Waals surface area contributed by atoms with Gasteiger partial charge in [0.25, 0.3) is 0 Å². The highest BCUT2D eigenvalue weighted by Crippen LogP contribution is 2.20. The van der Waals surface area contributed by atoms with Gasteiger partial charge in [0.05, 0.1) is 6.54 Å². The van der Waals surface area contributed by atoms with Gasteiger partial charge in [0, 0.05) is 5.69 Å². The highest BCUT2D eigenvalue weighted by atomic mass is 16.4. The molecule has 2 N–H and O–H groups in total. The zero-order chi connectivity index (χ0) is 12.3. The first-order valence-electron chi connectivity index (χ1n) is 5.69. The second-order valence-electron chi connectivity index (χ2n) is 4.15. The zero-order valence-electron chi connectivity index (χ0n) is 10.2. The molecule has 0 radical (unpaired) electrons. The molecule has 3 nitrogen and oxygen atoms in total. The van der Waals surface area contributed by atoms with Crippen molar-refractivity contribution < 1.29 is 9.52 Å². The molecule has 1 heterocycles. The smallest absolute Gasteiger partial charge is 0.129 e. The van der Waals surface area contributed by atoms with Gasteiger partial charge in [-0.15, -0.1) is 0 Å². The maximum absolute atomic E-state index is 8.91. The molecule has 0 saturated carbocycles. The molecule has 1 aromatic carbocycles. The van der Waals surface area contributed by atoms with Gasteiger partial charge in [-0.2, -0.15) is 0 Å². The van der Waals surface area contributed by atoms with Gasteiger partial charge >= 0.3 is 0 Å². The summed E-state index contributed by atoms with van der Waals surface area (Å²) >= 11 is 0. The second-order valence-corrected chi connectivity index (χ2v) is 4.15. The Kier molecular flexibility index (Phi) is 3.49. The van der Waals surface area contributed by atoms with Crippen molar-refractivity contribution in [2.24, 2.45) is 0 Å². The van der Waals surface area contributed by atoms with Gasteiger partial charge in [0.15, 0.2) is 0 Å². The molecule has 1 aromatic heterocycles. The lowest BCUT2D eigenvalue weighted by molar-refractivity contribution is 0.244. The van der Waals surface area contributed by atoms with Crippen LogP contribution in [0.5, 0.6) is 0 Å². The van der Waals surface area contributed by atoms with Crippen molar-refractivity contribution in [2.75, 3.05) is 5.32 Å². The first kappa shape index (κ1) is 11.7. The number of benzene rings is 1. The minimum absolute atomic E-state index is 0.0522. The molecule has 0 aliphatic heterocycles. The van der Waals surface area contributed by atoms with Gasteiger partial charge < -0.3 is 14.8 Å². The molecule has 0 spiro atoms. The number of hydrogen-bond acceptors (Lipinski definition) is 3. The Morgan fingerprint density at radius 1 is 1.06 bits per heavy atom. The summed E-state index contributed by atoms with van der Waals surface area (Å²) in [6.07, 6.45) is 0. The van der Waals surface area contributed by atoms with E-state index in [1.807, 2.05) is 12.1 Å². The summed E-state index contributed by atoms with van der Waals surface area (Å²) in [5.74, 6) is 1.43. The van der Waals surface area contributed by atoms with Gasteiger partial charge in [-0.1, -0.05) is 18.2 Å². The number of furan rings is 1. The highest BCUT2D eigenvalue weighted by molar-refractivity contribution is 5.56. The quantitative estimate of drug-likeness (QED) is 0.850. The molecular weight excluding hydrogens is 214 g/mol. The van der Waals surface area contributed by atoms with Crippen LogP contribution in [0, 0.1) is 13.8 Å². The van der Waals surface area contributed by atoms with Crippen LogP contribution in [0.3, 0.4) is 0 Å². The summed E-state index contributed by atoms with van der Waals surface area (Å²) in [7, 11) is 0. The maximum atomic E-state index is 8.91. The Morgan fingerprint density at radius 2 is 1.71 bits per heavy atom. The van der Waals surface area contributed by atoms with E-state index in [0.717, 1.165) is 11.4 Å². The van der Waals surface area contributed by atoms with E-state index in [0.29, 0.717) is 12.3 Å². The second kappa shape index (κ2) is 5.06. The van der Waals surface area contributed by atoms with Crippen molar-refractivity contribution in [3.05, 3.63) is 53.0 Å². The molecule has 3 heteroatoms. The van der Waals surface area contributed by atoms with E-state index in [2.05, 4.69) is 31.3 Å². The molecule has 0 aliphatic rings. The topological polar surface area (TPSA) is 45.4 Å². The van der Waals surface area contributed by atoms with E-state index in [1.165, 1.54) is 11.1 Å². The summed E-state index contributed by atoms with van der Waals surface area (Å²) in [5.41, 5.74) is 3.59. The van der Waals surface area contributed by atoms with Crippen LogP contribution in [0.2, 0.25) is 0 Å². The summed E-state index contributed by atoms with van der Waals surface area (Å²) < 4.78 is 5.42. The first-order valence-corrected chi connectivity index (χ1v) is 5.69. The molecule has 2 rings (SSSR count). The van der Waals surface area contributed by atoms with E-state index in [-0.39, 0.29) is 6.61 Å². The minimum atomic E-state index is -0.0522. The molecule has 0 saturated heterocycles. The number of nitrogens with one attached hydrogen (secondary N) is 1. The summed E-state index contributed by atoms with van der Waals surface area (Å²) in [4.78, 5) is 0. The predicted octanol–water partition coefficient (Wildman–Crippen LogP) is 3.00. The Hall–Kier alpha value is -1.74. The van der Waals surface area contributed by atoms with Crippen molar-refractivity contribution in [3.8, 4) is 0 Å². The van der Waals surface area contributed by atoms with Crippen LogP contribution in [0.25, 0.3) is 0 Å². The third-order valence-electron chi connectivity index (χ3n) is 2.79. The van der Waals surface area contributed by atoms with Crippen LogP contribution >= 0.6 is 0 Å². The first-order chi connectivity index (χ1) is 8.20. The third-order valence-corrected chi connectivity index (χ3v) is 2.79. The summed E-state index contributed by atoms with van der Waals surface area (Å²) in [6, 6.07) is 9.88. The lowest BCUT2D eigenvalue weighted by atomic mass is 10.1. The number of aliphatic hydroxyl groups is 1. The van der Waals surface area contributed by atoms with Crippen LogP contribution < -0.4 is 5.32 Å². The maximum Gasteiger partial charge on any atom is 0.129 e. The van der Waals surface area contributed by atoms with E-state index < -0.39 is 0 Å². The molecule has 0 atom stereocenters.